The molecule has 3 heterocycles. The molecule has 2 N–H and O–H groups in total. The highest BCUT2D eigenvalue weighted by molar-refractivity contribution is 6.02. The molecule has 1 amide bonds. The first kappa shape index (κ1) is 21.7. The van der Waals surface area contributed by atoms with E-state index in [2.05, 4.69) is 15.2 Å². The maximum absolute atomic E-state index is 13.0. The van der Waals surface area contributed by atoms with Crippen molar-refractivity contribution in [2.75, 3.05) is 67.4 Å². The van der Waals surface area contributed by atoms with Gasteiger partial charge in [0.1, 0.15) is 11.4 Å². The number of methoxy groups -OCH3 is 3. The van der Waals surface area contributed by atoms with E-state index in [0.29, 0.717) is 40.9 Å². The van der Waals surface area contributed by atoms with Crippen molar-refractivity contribution < 1.29 is 28.5 Å². The van der Waals surface area contributed by atoms with Gasteiger partial charge in [0.2, 0.25) is 0 Å². The largest absolute Gasteiger partial charge is 0.496 e. The molecule has 1 aromatic heterocycles. The SMILES string of the molecule is COc1cc(OC)c2cc(C(=O)NCC(C3CCOC3)N3CCOCC3)[nH]c2c1OC. The van der Waals surface area contributed by atoms with Crippen molar-refractivity contribution in [2.24, 2.45) is 5.92 Å². The zero-order chi connectivity index (χ0) is 21.8. The smallest absolute Gasteiger partial charge is 0.267 e. The molecule has 2 saturated heterocycles. The predicted octanol–water partition coefficient (Wildman–Crippen LogP) is 1.66. The summed E-state index contributed by atoms with van der Waals surface area (Å²) in [6, 6.07) is 3.77. The Hall–Kier alpha value is -2.49. The third kappa shape index (κ3) is 4.44. The van der Waals surface area contributed by atoms with Crippen LogP contribution in [0.1, 0.15) is 16.9 Å². The third-order valence-electron chi connectivity index (χ3n) is 6.18. The van der Waals surface area contributed by atoms with Crippen LogP contribution in [0, 0.1) is 5.92 Å². The van der Waals surface area contributed by atoms with Crippen molar-refractivity contribution in [2.45, 2.75) is 12.5 Å². The van der Waals surface area contributed by atoms with Crippen LogP contribution in [0.4, 0.5) is 0 Å². The number of fused-ring (bicyclic) bond motifs is 1. The van der Waals surface area contributed by atoms with E-state index in [1.807, 2.05) is 0 Å². The molecule has 2 aromatic rings. The zero-order valence-corrected chi connectivity index (χ0v) is 18.4. The highest BCUT2D eigenvalue weighted by atomic mass is 16.5. The van der Waals surface area contributed by atoms with E-state index in [9.17, 15) is 4.79 Å². The second-order valence-electron chi connectivity index (χ2n) is 7.84. The summed E-state index contributed by atoms with van der Waals surface area (Å²) in [7, 11) is 4.73. The van der Waals surface area contributed by atoms with Crippen LogP contribution in [0.25, 0.3) is 10.9 Å². The van der Waals surface area contributed by atoms with Crippen molar-refractivity contribution in [1.29, 1.82) is 0 Å². The second kappa shape index (κ2) is 9.76. The van der Waals surface area contributed by atoms with Crippen LogP contribution in [0.3, 0.4) is 0 Å². The molecule has 9 heteroatoms. The Bertz CT molecular complexity index is 902. The molecular weight excluding hydrogens is 402 g/mol. The van der Waals surface area contributed by atoms with Gasteiger partial charge in [0.15, 0.2) is 11.5 Å². The summed E-state index contributed by atoms with van der Waals surface area (Å²) in [6.07, 6.45) is 1.01. The number of carbonyl (C=O) groups excluding carboxylic acids is 1. The van der Waals surface area contributed by atoms with Gasteiger partial charge in [-0.05, 0) is 12.5 Å². The normalized spacial score (nSPS) is 20.5. The maximum Gasteiger partial charge on any atom is 0.267 e. The number of aromatic nitrogens is 1. The van der Waals surface area contributed by atoms with Crippen LogP contribution < -0.4 is 19.5 Å². The fourth-order valence-corrected chi connectivity index (χ4v) is 4.51. The lowest BCUT2D eigenvalue weighted by atomic mass is 9.97. The van der Waals surface area contributed by atoms with Gasteiger partial charge in [-0.1, -0.05) is 0 Å². The fourth-order valence-electron chi connectivity index (χ4n) is 4.51. The summed E-state index contributed by atoms with van der Waals surface area (Å²) >= 11 is 0. The van der Waals surface area contributed by atoms with Gasteiger partial charge in [-0.2, -0.15) is 0 Å². The minimum Gasteiger partial charge on any atom is -0.496 e. The summed E-state index contributed by atoms with van der Waals surface area (Å²) in [5, 5.41) is 3.88. The summed E-state index contributed by atoms with van der Waals surface area (Å²) in [5.74, 6) is 1.92. The van der Waals surface area contributed by atoms with Gasteiger partial charge < -0.3 is 34.0 Å². The Morgan fingerprint density at radius 3 is 2.55 bits per heavy atom. The minimum atomic E-state index is -0.170. The molecule has 0 saturated carbocycles. The number of amides is 1. The van der Waals surface area contributed by atoms with E-state index in [1.165, 1.54) is 0 Å². The molecule has 31 heavy (non-hydrogen) atoms. The van der Waals surface area contributed by atoms with Crippen LogP contribution in [-0.2, 0) is 9.47 Å². The Labute approximate surface area is 181 Å². The highest BCUT2D eigenvalue weighted by Crippen LogP contribution is 2.41. The van der Waals surface area contributed by atoms with Crippen molar-refractivity contribution in [1.82, 2.24) is 15.2 Å². The van der Waals surface area contributed by atoms with Crippen LogP contribution in [0.5, 0.6) is 17.2 Å². The van der Waals surface area contributed by atoms with E-state index < -0.39 is 0 Å². The van der Waals surface area contributed by atoms with Gasteiger partial charge in [-0.15, -0.1) is 0 Å². The molecule has 2 unspecified atom stereocenters. The molecule has 2 fully saturated rings. The zero-order valence-electron chi connectivity index (χ0n) is 18.4. The Kier molecular flexibility index (Phi) is 6.84. The van der Waals surface area contributed by atoms with Crippen molar-refractivity contribution in [3.05, 3.63) is 17.8 Å². The van der Waals surface area contributed by atoms with Gasteiger partial charge in [-0.3, -0.25) is 9.69 Å². The number of nitrogens with one attached hydrogen (secondary N) is 2. The van der Waals surface area contributed by atoms with E-state index in [1.54, 1.807) is 33.5 Å². The maximum atomic E-state index is 13.0. The highest BCUT2D eigenvalue weighted by Gasteiger charge is 2.32. The number of hydrogen-bond donors (Lipinski definition) is 2. The Balaban J connectivity index is 1.54. The third-order valence-corrected chi connectivity index (χ3v) is 6.18. The number of rotatable bonds is 8. The van der Waals surface area contributed by atoms with Crippen LogP contribution >= 0.6 is 0 Å². The average molecular weight is 434 g/mol. The number of nitrogens with zero attached hydrogens (tertiary/aromatic N) is 1. The number of H-pyrrole nitrogens is 1. The minimum absolute atomic E-state index is 0.170. The molecule has 0 spiro atoms. The summed E-state index contributed by atoms with van der Waals surface area (Å²) < 4.78 is 27.5. The first-order chi connectivity index (χ1) is 15.2. The molecule has 0 bridgehead atoms. The molecule has 0 aliphatic carbocycles. The molecule has 0 radical (unpaired) electrons. The number of benzene rings is 1. The lowest BCUT2D eigenvalue weighted by molar-refractivity contribution is 0.00165. The average Bonchev–Trinajstić information content (AvgIpc) is 3.49. The predicted molar refractivity (Wildman–Crippen MR) is 115 cm³/mol. The van der Waals surface area contributed by atoms with Gasteiger partial charge in [-0.25, -0.2) is 0 Å². The monoisotopic (exact) mass is 433 g/mol. The molecule has 9 nitrogen and oxygen atoms in total. The van der Waals surface area contributed by atoms with Crippen LogP contribution in [0.2, 0.25) is 0 Å². The number of hydrogen-bond acceptors (Lipinski definition) is 7. The van der Waals surface area contributed by atoms with Crippen molar-refractivity contribution >= 4 is 16.8 Å². The first-order valence-electron chi connectivity index (χ1n) is 10.7. The van der Waals surface area contributed by atoms with Crippen LogP contribution in [0.15, 0.2) is 12.1 Å². The number of aromatic amines is 1. The molecular formula is C22H31N3O6. The van der Waals surface area contributed by atoms with Crippen LogP contribution in [-0.4, -0.2) is 89.2 Å². The lowest BCUT2D eigenvalue weighted by Gasteiger charge is -2.37. The summed E-state index contributed by atoms with van der Waals surface area (Å²) in [6.45, 7) is 5.26. The van der Waals surface area contributed by atoms with E-state index >= 15 is 0 Å². The molecule has 170 valence electrons. The number of carbonyl (C=O) groups is 1. The lowest BCUT2D eigenvalue weighted by Crippen LogP contribution is -2.52. The molecule has 2 aliphatic heterocycles. The number of ether oxygens (including phenoxy) is 5. The van der Waals surface area contributed by atoms with Gasteiger partial charge in [0.25, 0.3) is 5.91 Å². The van der Waals surface area contributed by atoms with E-state index in [0.717, 1.165) is 51.3 Å². The first-order valence-corrected chi connectivity index (χ1v) is 10.7. The Morgan fingerprint density at radius 1 is 1.13 bits per heavy atom. The Morgan fingerprint density at radius 2 is 1.90 bits per heavy atom. The van der Waals surface area contributed by atoms with Gasteiger partial charge >= 0.3 is 0 Å². The van der Waals surface area contributed by atoms with E-state index in [4.69, 9.17) is 23.7 Å². The summed E-state index contributed by atoms with van der Waals surface area (Å²) in [5.41, 5.74) is 1.11. The van der Waals surface area contributed by atoms with Crippen molar-refractivity contribution in [3.63, 3.8) is 0 Å². The molecule has 4 rings (SSSR count). The van der Waals surface area contributed by atoms with E-state index in [-0.39, 0.29) is 11.9 Å². The standard InChI is InChI=1S/C22H31N3O6/c1-27-18-11-19(28-2)21(29-3)20-15(18)10-16(24-20)22(26)23-12-17(14-4-7-31-13-14)25-5-8-30-9-6-25/h10-11,14,17,24H,4-9,12-13H2,1-3H3,(H,23,26). The summed E-state index contributed by atoms with van der Waals surface area (Å²) in [4.78, 5) is 18.6. The quantitative estimate of drug-likeness (QED) is 0.654. The van der Waals surface area contributed by atoms with Gasteiger partial charge in [0, 0.05) is 49.7 Å². The fraction of sp³-hybridized carbons (Fsp3) is 0.591. The van der Waals surface area contributed by atoms with Crippen molar-refractivity contribution in [3.8, 4) is 17.2 Å². The van der Waals surface area contributed by atoms with Gasteiger partial charge in [0.05, 0.1) is 46.7 Å². The molecule has 2 atom stereocenters. The second-order valence-corrected chi connectivity index (χ2v) is 7.84. The topological polar surface area (TPSA) is 94.3 Å². The number of morpholine rings is 1. The molecule has 2 aliphatic rings. The molecule has 1 aromatic carbocycles.